The van der Waals surface area contributed by atoms with E-state index in [1.54, 1.807) is 11.3 Å². The van der Waals surface area contributed by atoms with E-state index >= 15 is 0 Å². The third-order valence-corrected chi connectivity index (χ3v) is 5.67. The zero-order valence-corrected chi connectivity index (χ0v) is 16.5. The second kappa shape index (κ2) is 7.93. The molecule has 138 valence electrons. The van der Waals surface area contributed by atoms with Crippen LogP contribution in [0.5, 0.6) is 5.75 Å². The van der Waals surface area contributed by atoms with E-state index in [4.69, 9.17) is 9.26 Å². The Kier molecular flexibility index (Phi) is 5.21. The van der Waals surface area contributed by atoms with Crippen molar-refractivity contribution in [3.63, 3.8) is 0 Å². The SMILES string of the molecule is CCOc1ccccc1-c1noc(CSc2nnc(-c3cccs3)n2C)n1. The first-order valence-electron chi connectivity index (χ1n) is 8.37. The average molecular weight is 400 g/mol. The maximum absolute atomic E-state index is 5.64. The molecule has 0 saturated carbocycles. The molecule has 4 rings (SSSR count). The zero-order valence-electron chi connectivity index (χ0n) is 14.8. The highest BCUT2D eigenvalue weighted by Gasteiger charge is 2.16. The highest BCUT2D eigenvalue weighted by molar-refractivity contribution is 7.98. The lowest BCUT2D eigenvalue weighted by Gasteiger charge is -2.05. The largest absolute Gasteiger partial charge is 0.493 e. The van der Waals surface area contributed by atoms with Crippen molar-refractivity contribution in [1.82, 2.24) is 24.9 Å². The first kappa shape index (κ1) is 17.7. The summed E-state index contributed by atoms with van der Waals surface area (Å²) < 4.78 is 13.0. The molecule has 0 N–H and O–H groups in total. The molecule has 9 heteroatoms. The van der Waals surface area contributed by atoms with Crippen LogP contribution in [-0.2, 0) is 12.8 Å². The fourth-order valence-corrected chi connectivity index (χ4v) is 4.04. The van der Waals surface area contributed by atoms with Gasteiger partial charge in [0.15, 0.2) is 11.0 Å². The summed E-state index contributed by atoms with van der Waals surface area (Å²) in [6, 6.07) is 11.7. The van der Waals surface area contributed by atoms with Gasteiger partial charge >= 0.3 is 0 Å². The third-order valence-electron chi connectivity index (χ3n) is 3.80. The van der Waals surface area contributed by atoms with Crippen LogP contribution in [0, 0.1) is 0 Å². The van der Waals surface area contributed by atoms with Crippen LogP contribution in [0.25, 0.3) is 22.1 Å². The summed E-state index contributed by atoms with van der Waals surface area (Å²) in [4.78, 5) is 5.58. The van der Waals surface area contributed by atoms with Gasteiger partial charge in [0.2, 0.25) is 11.7 Å². The van der Waals surface area contributed by atoms with Crippen LogP contribution in [0.15, 0.2) is 51.5 Å². The molecule has 0 aliphatic carbocycles. The first-order chi connectivity index (χ1) is 13.3. The zero-order chi connectivity index (χ0) is 18.6. The maximum Gasteiger partial charge on any atom is 0.237 e. The predicted octanol–water partition coefficient (Wildman–Crippen LogP) is 4.28. The molecular weight excluding hydrogens is 382 g/mol. The number of aromatic nitrogens is 5. The molecular formula is C18H17N5O2S2. The van der Waals surface area contributed by atoms with Gasteiger partial charge in [0.05, 0.1) is 22.8 Å². The Morgan fingerprint density at radius 3 is 2.89 bits per heavy atom. The van der Waals surface area contributed by atoms with Gasteiger partial charge in [-0.3, -0.25) is 0 Å². The Morgan fingerprint density at radius 2 is 2.07 bits per heavy atom. The number of rotatable bonds is 7. The quantitative estimate of drug-likeness (QED) is 0.429. The van der Waals surface area contributed by atoms with Crippen molar-refractivity contribution in [3.05, 3.63) is 47.7 Å². The molecule has 1 aromatic carbocycles. The summed E-state index contributed by atoms with van der Waals surface area (Å²) in [5.41, 5.74) is 0.818. The van der Waals surface area contributed by atoms with Crippen LogP contribution in [0.1, 0.15) is 12.8 Å². The molecule has 0 unspecified atom stereocenters. The normalized spacial score (nSPS) is 11.0. The van der Waals surface area contributed by atoms with Crippen molar-refractivity contribution in [2.45, 2.75) is 17.8 Å². The minimum atomic E-state index is 0.514. The number of thiophene rings is 1. The molecule has 4 aromatic rings. The van der Waals surface area contributed by atoms with E-state index in [1.165, 1.54) is 11.8 Å². The molecule has 0 spiro atoms. The van der Waals surface area contributed by atoms with Gasteiger partial charge in [-0.15, -0.1) is 21.5 Å². The molecule has 0 aliphatic rings. The smallest absolute Gasteiger partial charge is 0.237 e. The molecule has 7 nitrogen and oxygen atoms in total. The van der Waals surface area contributed by atoms with Crippen LogP contribution in [-0.4, -0.2) is 31.5 Å². The summed E-state index contributed by atoms with van der Waals surface area (Å²) >= 11 is 3.15. The topological polar surface area (TPSA) is 78.9 Å². The molecule has 3 heterocycles. The van der Waals surface area contributed by atoms with Crippen molar-refractivity contribution in [2.75, 3.05) is 6.61 Å². The number of ether oxygens (including phenoxy) is 1. The summed E-state index contributed by atoms with van der Waals surface area (Å²) in [6.45, 7) is 2.52. The van der Waals surface area contributed by atoms with Gasteiger partial charge in [-0.25, -0.2) is 0 Å². The summed E-state index contributed by atoms with van der Waals surface area (Å²) in [5.74, 6) is 3.16. The molecule has 0 atom stereocenters. The Balaban J connectivity index is 1.48. The van der Waals surface area contributed by atoms with E-state index in [9.17, 15) is 0 Å². The van der Waals surface area contributed by atoms with Gasteiger partial charge in [-0.2, -0.15) is 4.98 Å². The van der Waals surface area contributed by atoms with Crippen LogP contribution < -0.4 is 4.74 Å². The first-order valence-corrected chi connectivity index (χ1v) is 10.2. The standard InChI is InChI=1S/C18H17N5O2S2/c1-3-24-13-8-5-4-7-12(13)16-19-15(25-22-16)11-27-18-21-20-17(23(18)2)14-9-6-10-26-14/h4-10H,3,11H2,1-2H3. The Hall–Kier alpha value is -2.65. The van der Waals surface area contributed by atoms with Gasteiger partial charge in [0.25, 0.3) is 0 Å². The number of hydrogen-bond acceptors (Lipinski definition) is 8. The summed E-state index contributed by atoms with van der Waals surface area (Å²) in [6.07, 6.45) is 0. The number of nitrogens with zero attached hydrogens (tertiary/aromatic N) is 5. The van der Waals surface area contributed by atoms with Gasteiger partial charge < -0.3 is 13.8 Å². The Labute approximate surface area is 164 Å². The lowest BCUT2D eigenvalue weighted by molar-refractivity contribution is 0.341. The molecule has 0 radical (unpaired) electrons. The fourth-order valence-electron chi connectivity index (χ4n) is 2.54. The minimum Gasteiger partial charge on any atom is -0.493 e. The average Bonchev–Trinajstić information content (AvgIpc) is 3.42. The molecule has 0 amide bonds. The number of hydrogen-bond donors (Lipinski definition) is 0. The highest BCUT2D eigenvalue weighted by Crippen LogP contribution is 2.30. The molecule has 27 heavy (non-hydrogen) atoms. The van der Waals surface area contributed by atoms with Crippen LogP contribution in [0.3, 0.4) is 0 Å². The Bertz CT molecular complexity index is 1030. The molecule has 0 saturated heterocycles. The predicted molar refractivity (Wildman–Crippen MR) is 105 cm³/mol. The second-order valence-electron chi connectivity index (χ2n) is 5.57. The highest BCUT2D eigenvalue weighted by atomic mass is 32.2. The van der Waals surface area contributed by atoms with E-state index < -0.39 is 0 Å². The third kappa shape index (κ3) is 3.74. The number of benzene rings is 1. The maximum atomic E-state index is 5.64. The van der Waals surface area contributed by atoms with Crippen molar-refractivity contribution in [2.24, 2.45) is 7.05 Å². The fraction of sp³-hybridized carbons (Fsp3) is 0.222. The molecule has 3 aromatic heterocycles. The van der Waals surface area contributed by atoms with E-state index in [2.05, 4.69) is 20.3 Å². The molecule has 0 aliphatic heterocycles. The van der Waals surface area contributed by atoms with Gasteiger partial charge in [0, 0.05) is 7.05 Å². The van der Waals surface area contributed by atoms with E-state index in [0.29, 0.717) is 24.1 Å². The van der Waals surface area contributed by atoms with E-state index in [0.717, 1.165) is 27.2 Å². The number of thioether (sulfide) groups is 1. The lowest BCUT2D eigenvalue weighted by atomic mass is 10.2. The van der Waals surface area contributed by atoms with Crippen LogP contribution in [0.2, 0.25) is 0 Å². The van der Waals surface area contributed by atoms with Gasteiger partial charge in [0.1, 0.15) is 5.75 Å². The van der Waals surface area contributed by atoms with Gasteiger partial charge in [-0.1, -0.05) is 35.1 Å². The molecule has 0 bridgehead atoms. The van der Waals surface area contributed by atoms with Gasteiger partial charge in [-0.05, 0) is 30.5 Å². The summed E-state index contributed by atoms with van der Waals surface area (Å²) in [7, 11) is 1.95. The van der Waals surface area contributed by atoms with Crippen LogP contribution >= 0.6 is 23.1 Å². The lowest BCUT2D eigenvalue weighted by Crippen LogP contribution is -1.95. The number of para-hydroxylation sites is 1. The minimum absolute atomic E-state index is 0.514. The van der Waals surface area contributed by atoms with E-state index in [1.807, 2.05) is 60.3 Å². The molecule has 0 fully saturated rings. The van der Waals surface area contributed by atoms with Crippen molar-refractivity contribution < 1.29 is 9.26 Å². The van der Waals surface area contributed by atoms with Crippen molar-refractivity contribution in [3.8, 4) is 27.8 Å². The Morgan fingerprint density at radius 1 is 1.19 bits per heavy atom. The summed E-state index contributed by atoms with van der Waals surface area (Å²) in [5, 5.41) is 15.5. The van der Waals surface area contributed by atoms with Crippen LogP contribution in [0.4, 0.5) is 0 Å². The van der Waals surface area contributed by atoms with E-state index in [-0.39, 0.29) is 0 Å². The van der Waals surface area contributed by atoms with Crippen molar-refractivity contribution in [1.29, 1.82) is 0 Å². The second-order valence-corrected chi connectivity index (χ2v) is 7.46. The monoisotopic (exact) mass is 399 g/mol. The van der Waals surface area contributed by atoms with Crippen molar-refractivity contribution >= 4 is 23.1 Å².